The van der Waals surface area contributed by atoms with Crippen LogP contribution in [0.3, 0.4) is 0 Å². The predicted octanol–water partition coefficient (Wildman–Crippen LogP) is 4.14. The molecule has 3 rings (SSSR count). The maximum Gasteiger partial charge on any atom is 0.133 e. The van der Waals surface area contributed by atoms with E-state index in [1.54, 1.807) is 0 Å². The number of rotatable bonds is 4. The Bertz CT molecular complexity index is 661. The van der Waals surface area contributed by atoms with Crippen LogP contribution in [0.15, 0.2) is 18.2 Å². The summed E-state index contributed by atoms with van der Waals surface area (Å²) < 4.78 is 2.15. The zero-order chi connectivity index (χ0) is 15.5. The number of hydrogen-bond donors (Lipinski definition) is 1. The number of hydrogen-bond acceptors (Lipinski definition) is 3. The van der Waals surface area contributed by atoms with Crippen molar-refractivity contribution >= 4 is 17.6 Å². The molecule has 1 aromatic heterocycles. The molecular formula is C18H25N3S. The zero-order valence-corrected chi connectivity index (χ0v) is 14.6. The van der Waals surface area contributed by atoms with Crippen LogP contribution in [0.2, 0.25) is 0 Å². The molecule has 0 fully saturated rings. The molecule has 2 aromatic rings. The second-order valence-corrected chi connectivity index (χ2v) is 7.09. The molecule has 1 aliphatic rings. The minimum Gasteiger partial charge on any atom is -0.370 e. The second-order valence-electron chi connectivity index (χ2n) is 6.10. The van der Waals surface area contributed by atoms with Crippen LogP contribution < -0.4 is 5.32 Å². The summed E-state index contributed by atoms with van der Waals surface area (Å²) in [6.07, 6.45) is 6.87. The highest BCUT2D eigenvalue weighted by Crippen LogP contribution is 2.30. The monoisotopic (exact) mass is 315 g/mol. The van der Waals surface area contributed by atoms with Crippen molar-refractivity contribution in [1.82, 2.24) is 9.78 Å². The van der Waals surface area contributed by atoms with Crippen molar-refractivity contribution in [3.8, 4) is 5.69 Å². The minimum atomic E-state index is 1.05. The molecular weight excluding hydrogens is 290 g/mol. The predicted molar refractivity (Wildman–Crippen MR) is 96.6 cm³/mol. The SMILES string of the molecule is CSCCc1nn(-c2cc(C)ccc2C)c2c1CCCCN2. The van der Waals surface area contributed by atoms with Gasteiger partial charge >= 0.3 is 0 Å². The second kappa shape index (κ2) is 6.78. The number of fused-ring (bicyclic) bond motifs is 1. The molecule has 2 heterocycles. The van der Waals surface area contributed by atoms with Crippen LogP contribution in [-0.4, -0.2) is 28.3 Å². The highest BCUT2D eigenvalue weighted by Gasteiger charge is 2.21. The maximum atomic E-state index is 4.98. The summed E-state index contributed by atoms with van der Waals surface area (Å²) in [5, 5.41) is 8.61. The molecule has 3 nitrogen and oxygen atoms in total. The summed E-state index contributed by atoms with van der Waals surface area (Å²) in [5.74, 6) is 2.36. The summed E-state index contributed by atoms with van der Waals surface area (Å²) >= 11 is 1.89. The third kappa shape index (κ3) is 3.02. The molecule has 0 aliphatic carbocycles. The van der Waals surface area contributed by atoms with E-state index in [1.807, 2.05) is 11.8 Å². The summed E-state index contributed by atoms with van der Waals surface area (Å²) in [6.45, 7) is 5.36. The van der Waals surface area contributed by atoms with Crippen molar-refractivity contribution in [2.24, 2.45) is 0 Å². The molecule has 0 atom stereocenters. The van der Waals surface area contributed by atoms with Gasteiger partial charge < -0.3 is 5.32 Å². The molecule has 1 aliphatic heterocycles. The Balaban J connectivity index is 2.10. The first-order valence-corrected chi connectivity index (χ1v) is 9.51. The van der Waals surface area contributed by atoms with E-state index in [2.05, 4.69) is 48.3 Å². The number of anilines is 1. The summed E-state index contributed by atoms with van der Waals surface area (Å²) in [7, 11) is 0. The Kier molecular flexibility index (Phi) is 4.77. The van der Waals surface area contributed by atoms with Crippen molar-refractivity contribution < 1.29 is 0 Å². The van der Waals surface area contributed by atoms with Gasteiger partial charge in [-0.15, -0.1) is 0 Å². The summed E-state index contributed by atoms with van der Waals surface area (Å²) in [5.41, 5.74) is 6.48. The van der Waals surface area contributed by atoms with E-state index in [9.17, 15) is 0 Å². The van der Waals surface area contributed by atoms with Gasteiger partial charge in [-0.25, -0.2) is 4.68 Å². The molecule has 1 N–H and O–H groups in total. The van der Waals surface area contributed by atoms with E-state index in [1.165, 1.54) is 46.7 Å². The number of nitrogens with one attached hydrogen (secondary N) is 1. The van der Waals surface area contributed by atoms with Crippen molar-refractivity contribution in [3.63, 3.8) is 0 Å². The molecule has 0 saturated carbocycles. The van der Waals surface area contributed by atoms with E-state index in [0.717, 1.165) is 25.1 Å². The Morgan fingerprint density at radius 2 is 2.14 bits per heavy atom. The van der Waals surface area contributed by atoms with E-state index in [0.29, 0.717) is 0 Å². The Morgan fingerprint density at radius 1 is 1.27 bits per heavy atom. The Labute approximate surface area is 137 Å². The highest BCUT2D eigenvalue weighted by atomic mass is 32.2. The van der Waals surface area contributed by atoms with Gasteiger partial charge in [0, 0.05) is 18.5 Å². The first kappa shape index (κ1) is 15.5. The zero-order valence-electron chi connectivity index (χ0n) is 13.8. The fourth-order valence-corrected chi connectivity index (χ4v) is 3.49. The maximum absolute atomic E-state index is 4.98. The number of thioether (sulfide) groups is 1. The van der Waals surface area contributed by atoms with Crippen LogP contribution in [0.5, 0.6) is 0 Å². The standard InChI is InChI=1S/C18H25N3S/c1-13-7-8-14(2)17(12-13)21-18-15(6-4-5-10-19-18)16(20-21)9-11-22-3/h7-8,12,19H,4-6,9-11H2,1-3H3. The van der Waals surface area contributed by atoms with Crippen molar-refractivity contribution in [1.29, 1.82) is 0 Å². The lowest BCUT2D eigenvalue weighted by Crippen LogP contribution is -2.08. The lowest BCUT2D eigenvalue weighted by Gasteiger charge is -2.12. The van der Waals surface area contributed by atoms with Crippen LogP contribution >= 0.6 is 11.8 Å². The number of nitrogens with zero attached hydrogens (tertiary/aromatic N) is 2. The van der Waals surface area contributed by atoms with E-state index in [-0.39, 0.29) is 0 Å². The lowest BCUT2D eigenvalue weighted by molar-refractivity contribution is 0.765. The average Bonchev–Trinajstić information content (AvgIpc) is 2.70. The van der Waals surface area contributed by atoms with Gasteiger partial charge in [0.25, 0.3) is 0 Å². The summed E-state index contributed by atoms with van der Waals surface area (Å²) in [6, 6.07) is 6.60. The van der Waals surface area contributed by atoms with Crippen molar-refractivity contribution in [2.45, 2.75) is 39.5 Å². The summed E-state index contributed by atoms with van der Waals surface area (Å²) in [4.78, 5) is 0. The molecule has 1 aromatic carbocycles. The first-order chi connectivity index (χ1) is 10.7. The Morgan fingerprint density at radius 3 is 2.95 bits per heavy atom. The van der Waals surface area contributed by atoms with Gasteiger partial charge in [-0.1, -0.05) is 12.1 Å². The fraction of sp³-hybridized carbons (Fsp3) is 0.500. The quantitative estimate of drug-likeness (QED) is 0.919. The van der Waals surface area contributed by atoms with E-state index in [4.69, 9.17) is 5.10 Å². The van der Waals surface area contributed by atoms with Crippen molar-refractivity contribution in [2.75, 3.05) is 23.9 Å². The van der Waals surface area contributed by atoms with Crippen LogP contribution in [-0.2, 0) is 12.8 Å². The van der Waals surface area contributed by atoms with Gasteiger partial charge in [0.15, 0.2) is 0 Å². The van der Waals surface area contributed by atoms with Gasteiger partial charge in [0.05, 0.1) is 11.4 Å². The van der Waals surface area contributed by atoms with E-state index >= 15 is 0 Å². The van der Waals surface area contributed by atoms with Crippen LogP contribution in [0.1, 0.15) is 35.2 Å². The van der Waals surface area contributed by atoms with E-state index < -0.39 is 0 Å². The van der Waals surface area contributed by atoms with Crippen LogP contribution in [0, 0.1) is 13.8 Å². The number of aryl methyl sites for hydroxylation is 3. The molecule has 0 spiro atoms. The molecule has 118 valence electrons. The number of aromatic nitrogens is 2. The van der Waals surface area contributed by atoms with Gasteiger partial charge in [-0.05, 0) is 62.3 Å². The molecule has 0 radical (unpaired) electrons. The number of benzene rings is 1. The normalized spacial score (nSPS) is 14.3. The molecule has 22 heavy (non-hydrogen) atoms. The molecule has 0 unspecified atom stereocenters. The molecule has 4 heteroatoms. The van der Waals surface area contributed by atoms with Crippen molar-refractivity contribution in [3.05, 3.63) is 40.6 Å². The Hall–Kier alpha value is -1.42. The topological polar surface area (TPSA) is 29.9 Å². The van der Waals surface area contributed by atoms with Crippen LogP contribution in [0.4, 0.5) is 5.82 Å². The smallest absolute Gasteiger partial charge is 0.133 e. The molecule has 0 amide bonds. The van der Waals surface area contributed by atoms with Gasteiger partial charge in [-0.3, -0.25) is 0 Å². The third-order valence-electron chi connectivity index (χ3n) is 4.35. The van der Waals surface area contributed by atoms with Gasteiger partial charge in [0.2, 0.25) is 0 Å². The lowest BCUT2D eigenvalue weighted by atomic mass is 10.1. The largest absolute Gasteiger partial charge is 0.370 e. The molecule has 0 saturated heterocycles. The van der Waals surface area contributed by atoms with Gasteiger partial charge in [0.1, 0.15) is 5.82 Å². The first-order valence-electron chi connectivity index (χ1n) is 8.12. The molecule has 0 bridgehead atoms. The van der Waals surface area contributed by atoms with Gasteiger partial charge in [-0.2, -0.15) is 16.9 Å². The fourth-order valence-electron chi connectivity index (χ4n) is 3.09. The highest BCUT2D eigenvalue weighted by molar-refractivity contribution is 7.98. The van der Waals surface area contributed by atoms with Crippen LogP contribution in [0.25, 0.3) is 5.69 Å². The minimum absolute atomic E-state index is 1.05. The third-order valence-corrected chi connectivity index (χ3v) is 4.96. The average molecular weight is 315 g/mol.